The number of amides is 1. The highest BCUT2D eigenvalue weighted by atomic mass is 16.5. The van der Waals surface area contributed by atoms with Gasteiger partial charge in [-0.3, -0.25) is 4.79 Å². The molecule has 1 rings (SSSR count). The maximum atomic E-state index is 10.5. The quantitative estimate of drug-likeness (QED) is 0.648. The Morgan fingerprint density at radius 2 is 2.31 bits per heavy atom. The van der Waals surface area contributed by atoms with Gasteiger partial charge in [0.25, 0.3) is 0 Å². The van der Waals surface area contributed by atoms with E-state index in [0.29, 0.717) is 13.2 Å². The van der Waals surface area contributed by atoms with Gasteiger partial charge >= 0.3 is 0 Å². The Balaban J connectivity index is 0.000000671. The summed E-state index contributed by atoms with van der Waals surface area (Å²) < 4.78 is 5.20. The molecular weight excluding hydrogens is 168 g/mol. The molecule has 78 valence electrons. The number of hydrogen-bond donors (Lipinski definition) is 2. The van der Waals surface area contributed by atoms with Crippen LogP contribution in [0.5, 0.6) is 0 Å². The maximum Gasteiger partial charge on any atom is 0.216 e. The predicted molar refractivity (Wildman–Crippen MR) is 52.6 cm³/mol. The summed E-state index contributed by atoms with van der Waals surface area (Å²) in [6.45, 7) is 8.53. The Labute approximate surface area is 80.0 Å². The molecule has 0 aromatic rings. The zero-order chi connectivity index (χ0) is 10.1. The highest BCUT2D eigenvalue weighted by Gasteiger charge is 2.12. The number of rotatable bonds is 2. The molecule has 13 heavy (non-hydrogen) atoms. The van der Waals surface area contributed by atoms with Crippen molar-refractivity contribution in [2.75, 3.05) is 26.3 Å². The largest absolute Gasteiger partial charge is 0.378 e. The lowest BCUT2D eigenvalue weighted by Crippen LogP contribution is -2.47. The molecular formula is C9H20N2O2. The summed E-state index contributed by atoms with van der Waals surface area (Å²) in [5, 5.41) is 5.97. The molecule has 1 atom stereocenters. The summed E-state index contributed by atoms with van der Waals surface area (Å²) in [7, 11) is 0. The molecule has 0 aliphatic carbocycles. The van der Waals surface area contributed by atoms with Crippen LogP contribution in [-0.2, 0) is 9.53 Å². The van der Waals surface area contributed by atoms with Crippen LogP contribution in [0.25, 0.3) is 0 Å². The van der Waals surface area contributed by atoms with Gasteiger partial charge in [0.1, 0.15) is 0 Å². The van der Waals surface area contributed by atoms with Crippen LogP contribution in [0, 0.1) is 0 Å². The average Bonchev–Trinajstić information content (AvgIpc) is 2.19. The topological polar surface area (TPSA) is 50.4 Å². The highest BCUT2D eigenvalue weighted by Crippen LogP contribution is 1.90. The fourth-order valence-corrected chi connectivity index (χ4v) is 1.02. The van der Waals surface area contributed by atoms with Crippen molar-refractivity contribution in [1.29, 1.82) is 0 Å². The molecule has 0 aromatic carbocycles. The van der Waals surface area contributed by atoms with Gasteiger partial charge in [-0.1, -0.05) is 13.8 Å². The van der Waals surface area contributed by atoms with Gasteiger partial charge in [0, 0.05) is 26.1 Å². The number of morpholine rings is 1. The molecule has 1 fully saturated rings. The fraction of sp³-hybridized carbons (Fsp3) is 0.889. The first-order valence-corrected chi connectivity index (χ1v) is 4.84. The summed E-state index contributed by atoms with van der Waals surface area (Å²) in [5.41, 5.74) is 0. The van der Waals surface area contributed by atoms with Crippen molar-refractivity contribution in [3.8, 4) is 0 Å². The van der Waals surface area contributed by atoms with E-state index in [4.69, 9.17) is 4.74 Å². The van der Waals surface area contributed by atoms with Crippen molar-refractivity contribution in [2.45, 2.75) is 26.8 Å². The molecule has 1 aliphatic rings. The van der Waals surface area contributed by atoms with E-state index in [0.717, 1.165) is 13.2 Å². The SMILES string of the molecule is CC.CC(=O)NCC1COCCN1. The predicted octanol–water partition coefficient (Wildman–Crippen LogP) is 0.137. The molecule has 1 amide bonds. The van der Waals surface area contributed by atoms with E-state index in [1.165, 1.54) is 6.92 Å². The van der Waals surface area contributed by atoms with Crippen molar-refractivity contribution in [3.63, 3.8) is 0 Å². The normalized spacial score (nSPS) is 21.3. The smallest absolute Gasteiger partial charge is 0.216 e. The lowest BCUT2D eigenvalue weighted by atomic mass is 10.3. The molecule has 0 saturated carbocycles. The van der Waals surface area contributed by atoms with Gasteiger partial charge in [-0.25, -0.2) is 0 Å². The second-order valence-electron chi connectivity index (χ2n) is 2.66. The van der Waals surface area contributed by atoms with E-state index in [1.807, 2.05) is 13.8 Å². The maximum absolute atomic E-state index is 10.5. The number of nitrogens with one attached hydrogen (secondary N) is 2. The van der Waals surface area contributed by atoms with Crippen molar-refractivity contribution < 1.29 is 9.53 Å². The van der Waals surface area contributed by atoms with Gasteiger partial charge in [0.2, 0.25) is 5.91 Å². The zero-order valence-corrected chi connectivity index (χ0v) is 8.72. The number of carbonyl (C=O) groups excluding carboxylic acids is 1. The molecule has 1 heterocycles. The number of ether oxygens (including phenoxy) is 1. The number of hydrogen-bond acceptors (Lipinski definition) is 3. The van der Waals surface area contributed by atoms with E-state index < -0.39 is 0 Å². The van der Waals surface area contributed by atoms with Crippen molar-refractivity contribution >= 4 is 5.91 Å². The van der Waals surface area contributed by atoms with Crippen LogP contribution in [0.3, 0.4) is 0 Å². The van der Waals surface area contributed by atoms with Crippen LogP contribution in [0.1, 0.15) is 20.8 Å². The molecule has 0 bridgehead atoms. The fourth-order valence-electron chi connectivity index (χ4n) is 1.02. The lowest BCUT2D eigenvalue weighted by Gasteiger charge is -2.23. The Kier molecular flexibility index (Phi) is 7.63. The van der Waals surface area contributed by atoms with E-state index in [2.05, 4.69) is 10.6 Å². The third kappa shape index (κ3) is 6.54. The van der Waals surface area contributed by atoms with E-state index >= 15 is 0 Å². The van der Waals surface area contributed by atoms with Crippen LogP contribution >= 0.6 is 0 Å². The van der Waals surface area contributed by atoms with Crippen molar-refractivity contribution in [1.82, 2.24) is 10.6 Å². The minimum atomic E-state index is 0.0115. The third-order valence-electron chi connectivity index (χ3n) is 1.60. The van der Waals surface area contributed by atoms with Crippen LogP contribution in [0.4, 0.5) is 0 Å². The van der Waals surface area contributed by atoms with Gasteiger partial charge in [-0.05, 0) is 0 Å². The van der Waals surface area contributed by atoms with Crippen LogP contribution in [0.2, 0.25) is 0 Å². The minimum Gasteiger partial charge on any atom is -0.378 e. The Bertz CT molecular complexity index is 134. The summed E-state index contributed by atoms with van der Waals surface area (Å²) in [5.74, 6) is 0.0115. The molecule has 0 spiro atoms. The summed E-state index contributed by atoms with van der Waals surface area (Å²) in [4.78, 5) is 10.5. The van der Waals surface area contributed by atoms with E-state index in [9.17, 15) is 4.79 Å². The molecule has 4 heteroatoms. The Morgan fingerprint density at radius 1 is 1.62 bits per heavy atom. The van der Waals surface area contributed by atoms with Crippen LogP contribution < -0.4 is 10.6 Å². The first-order chi connectivity index (χ1) is 6.29. The third-order valence-corrected chi connectivity index (χ3v) is 1.60. The summed E-state index contributed by atoms with van der Waals surface area (Å²) in [6.07, 6.45) is 0. The molecule has 4 nitrogen and oxygen atoms in total. The molecule has 1 saturated heterocycles. The van der Waals surface area contributed by atoms with E-state index in [1.54, 1.807) is 0 Å². The van der Waals surface area contributed by atoms with Crippen molar-refractivity contribution in [3.05, 3.63) is 0 Å². The van der Waals surface area contributed by atoms with Gasteiger partial charge < -0.3 is 15.4 Å². The van der Waals surface area contributed by atoms with Gasteiger partial charge in [-0.15, -0.1) is 0 Å². The second kappa shape index (κ2) is 8.01. The summed E-state index contributed by atoms with van der Waals surface area (Å²) in [6, 6.07) is 0.285. The second-order valence-corrected chi connectivity index (χ2v) is 2.66. The molecule has 0 aromatic heterocycles. The molecule has 1 unspecified atom stereocenters. The lowest BCUT2D eigenvalue weighted by molar-refractivity contribution is -0.119. The molecule has 1 aliphatic heterocycles. The first-order valence-electron chi connectivity index (χ1n) is 4.84. The van der Waals surface area contributed by atoms with Gasteiger partial charge in [0.05, 0.1) is 13.2 Å². The van der Waals surface area contributed by atoms with Gasteiger partial charge in [-0.2, -0.15) is 0 Å². The molecule has 2 N–H and O–H groups in total. The molecule has 0 radical (unpaired) electrons. The Hall–Kier alpha value is -0.610. The summed E-state index contributed by atoms with van der Waals surface area (Å²) >= 11 is 0. The van der Waals surface area contributed by atoms with Crippen LogP contribution in [0.15, 0.2) is 0 Å². The van der Waals surface area contributed by atoms with E-state index in [-0.39, 0.29) is 11.9 Å². The standard InChI is InChI=1S/C7H14N2O2.C2H6/c1-6(10)9-4-7-5-11-3-2-8-7;1-2/h7-8H,2-5H2,1H3,(H,9,10);1-2H3. The van der Waals surface area contributed by atoms with Crippen molar-refractivity contribution in [2.24, 2.45) is 0 Å². The number of carbonyl (C=O) groups is 1. The minimum absolute atomic E-state index is 0.0115. The monoisotopic (exact) mass is 188 g/mol. The Morgan fingerprint density at radius 3 is 2.77 bits per heavy atom. The highest BCUT2D eigenvalue weighted by molar-refractivity contribution is 5.72. The van der Waals surface area contributed by atoms with Crippen LogP contribution in [-0.4, -0.2) is 38.3 Å². The zero-order valence-electron chi connectivity index (χ0n) is 8.72. The average molecular weight is 188 g/mol. The van der Waals surface area contributed by atoms with Gasteiger partial charge in [0.15, 0.2) is 0 Å². The first kappa shape index (κ1) is 12.4.